The first-order chi connectivity index (χ1) is 22.1. The van der Waals surface area contributed by atoms with Gasteiger partial charge in [-0.3, -0.25) is 14.8 Å². The standard InChI is InChI=1S/C33H37Cl2N7O4/c1-33(2,18-43)39-17-27-32(46-4)42-25(16-38-27)23-10-6-8-21(30(23)35)20-7-5-9-22(29(20)34)24-15-37-26(31(41-24)45-3)14-36-13-19-11-12-28(44)40-19/h5-10,15-16,19,36,39,43H,11-14,17-18H2,1-4H3,(H,40,44)/t19-/m0/s1. The third-order valence-electron chi connectivity index (χ3n) is 7.75. The predicted octanol–water partition coefficient (Wildman–Crippen LogP) is 4.82. The number of aliphatic hydroxyl groups excluding tert-OH is 1. The lowest BCUT2D eigenvalue weighted by Crippen LogP contribution is -2.42. The maximum atomic E-state index is 11.5. The van der Waals surface area contributed by atoms with Crippen LogP contribution < -0.4 is 25.4 Å². The lowest BCUT2D eigenvalue weighted by Gasteiger charge is -2.23. The van der Waals surface area contributed by atoms with Crippen molar-refractivity contribution in [1.82, 2.24) is 35.9 Å². The van der Waals surface area contributed by atoms with E-state index >= 15 is 0 Å². The van der Waals surface area contributed by atoms with E-state index in [1.807, 2.05) is 50.2 Å². The van der Waals surface area contributed by atoms with Gasteiger partial charge in [-0.25, -0.2) is 9.97 Å². The molecule has 0 bridgehead atoms. The summed E-state index contributed by atoms with van der Waals surface area (Å²) in [5, 5.41) is 20.0. The minimum atomic E-state index is -0.483. The Morgan fingerprint density at radius 2 is 1.41 bits per heavy atom. The molecule has 3 heterocycles. The number of rotatable bonds is 13. The summed E-state index contributed by atoms with van der Waals surface area (Å²) < 4.78 is 11.1. The molecular formula is C33H37Cl2N7O4. The highest BCUT2D eigenvalue weighted by molar-refractivity contribution is 6.39. The number of nitrogens with zero attached hydrogens (tertiary/aromatic N) is 4. The summed E-state index contributed by atoms with van der Waals surface area (Å²) in [5.74, 6) is 0.821. The van der Waals surface area contributed by atoms with Crippen LogP contribution in [0.15, 0.2) is 48.8 Å². The fraction of sp³-hybridized carbons (Fsp3) is 0.364. The van der Waals surface area contributed by atoms with Crippen molar-refractivity contribution in [3.8, 4) is 45.4 Å². The van der Waals surface area contributed by atoms with E-state index in [2.05, 4.69) is 30.9 Å². The molecule has 1 saturated heterocycles. The van der Waals surface area contributed by atoms with Gasteiger partial charge in [0.1, 0.15) is 11.4 Å². The molecule has 1 aliphatic heterocycles. The van der Waals surface area contributed by atoms with E-state index in [4.69, 9.17) is 37.7 Å². The van der Waals surface area contributed by atoms with Crippen molar-refractivity contribution >= 4 is 29.1 Å². The van der Waals surface area contributed by atoms with Crippen molar-refractivity contribution in [2.45, 2.75) is 51.4 Å². The summed E-state index contributed by atoms with van der Waals surface area (Å²) in [7, 11) is 3.09. The topological polar surface area (TPSA) is 143 Å². The molecule has 1 atom stereocenters. The van der Waals surface area contributed by atoms with E-state index in [1.54, 1.807) is 19.5 Å². The molecule has 0 unspecified atom stereocenters. The van der Waals surface area contributed by atoms with Crippen LogP contribution in [0, 0.1) is 0 Å². The molecule has 1 fully saturated rings. The van der Waals surface area contributed by atoms with Crippen molar-refractivity contribution in [2.24, 2.45) is 0 Å². The molecule has 242 valence electrons. The molecule has 2 aromatic heterocycles. The minimum absolute atomic E-state index is 0.0286. The van der Waals surface area contributed by atoms with Gasteiger partial charge in [0.15, 0.2) is 0 Å². The summed E-state index contributed by atoms with van der Waals surface area (Å²) in [6.07, 6.45) is 4.68. The maximum Gasteiger partial charge on any atom is 0.237 e. The summed E-state index contributed by atoms with van der Waals surface area (Å²) in [4.78, 5) is 30.1. The maximum absolute atomic E-state index is 11.5. The lowest BCUT2D eigenvalue weighted by molar-refractivity contribution is -0.119. The van der Waals surface area contributed by atoms with Crippen LogP contribution in [0.2, 0.25) is 10.0 Å². The molecule has 2 aromatic carbocycles. The number of halogens is 2. The van der Waals surface area contributed by atoms with Gasteiger partial charge in [-0.2, -0.15) is 0 Å². The molecule has 4 N–H and O–H groups in total. The summed E-state index contributed by atoms with van der Waals surface area (Å²) >= 11 is 14.0. The number of ether oxygens (including phenoxy) is 2. The zero-order valence-electron chi connectivity index (χ0n) is 26.2. The van der Waals surface area contributed by atoms with Crippen molar-refractivity contribution < 1.29 is 19.4 Å². The van der Waals surface area contributed by atoms with E-state index in [9.17, 15) is 9.90 Å². The number of carbonyl (C=O) groups excluding carboxylic acids is 1. The Morgan fingerprint density at radius 3 is 1.89 bits per heavy atom. The highest BCUT2D eigenvalue weighted by Gasteiger charge is 2.22. The van der Waals surface area contributed by atoms with Gasteiger partial charge in [-0.1, -0.05) is 59.6 Å². The van der Waals surface area contributed by atoms with Crippen molar-refractivity contribution in [2.75, 3.05) is 27.4 Å². The highest BCUT2D eigenvalue weighted by atomic mass is 35.5. The Morgan fingerprint density at radius 1 is 0.891 bits per heavy atom. The second-order valence-corrected chi connectivity index (χ2v) is 12.3. The van der Waals surface area contributed by atoms with E-state index < -0.39 is 5.54 Å². The number of aliphatic hydroxyl groups is 1. The Hall–Kier alpha value is -3.87. The van der Waals surface area contributed by atoms with Gasteiger partial charge < -0.3 is 30.5 Å². The second kappa shape index (κ2) is 14.7. The van der Waals surface area contributed by atoms with E-state index in [0.29, 0.717) is 92.9 Å². The molecule has 11 nitrogen and oxygen atoms in total. The number of hydrogen-bond acceptors (Lipinski definition) is 10. The lowest BCUT2D eigenvalue weighted by atomic mass is 9.98. The van der Waals surface area contributed by atoms with E-state index in [1.165, 1.54) is 7.11 Å². The number of hydrogen-bond donors (Lipinski definition) is 4. The Labute approximate surface area is 278 Å². The number of amides is 1. The smallest absolute Gasteiger partial charge is 0.237 e. The van der Waals surface area contributed by atoms with Gasteiger partial charge in [0, 0.05) is 59.9 Å². The number of aromatic nitrogens is 4. The molecular weight excluding hydrogens is 629 g/mol. The molecule has 5 rings (SSSR count). The zero-order valence-corrected chi connectivity index (χ0v) is 27.7. The SMILES string of the molecule is COc1nc(-c2cccc(-c3cccc(-c4cnc(CNC(C)(C)CO)c(OC)n4)c3Cl)c2Cl)cnc1CNC[C@@H]1CCC(=O)N1. The minimum Gasteiger partial charge on any atom is -0.480 e. The van der Waals surface area contributed by atoms with Crippen LogP contribution in [-0.4, -0.2) is 69.9 Å². The summed E-state index contributed by atoms with van der Waals surface area (Å²) in [6.45, 7) is 5.19. The Balaban J connectivity index is 1.40. The fourth-order valence-electron chi connectivity index (χ4n) is 5.07. The molecule has 13 heteroatoms. The van der Waals surface area contributed by atoms with Crippen LogP contribution in [0.25, 0.3) is 33.6 Å². The molecule has 0 radical (unpaired) electrons. The first-order valence-electron chi connectivity index (χ1n) is 14.9. The molecule has 4 aromatic rings. The van der Waals surface area contributed by atoms with Gasteiger partial charge in [-0.15, -0.1) is 0 Å². The molecule has 0 aliphatic carbocycles. The highest BCUT2D eigenvalue weighted by Crippen LogP contribution is 2.42. The number of carbonyl (C=O) groups is 1. The van der Waals surface area contributed by atoms with Gasteiger partial charge in [0.05, 0.1) is 54.7 Å². The molecule has 1 aliphatic rings. The zero-order chi connectivity index (χ0) is 32.8. The van der Waals surface area contributed by atoms with Crippen molar-refractivity contribution in [1.29, 1.82) is 0 Å². The van der Waals surface area contributed by atoms with Crippen LogP contribution >= 0.6 is 23.2 Å². The first kappa shape index (κ1) is 33.5. The molecule has 0 spiro atoms. The predicted molar refractivity (Wildman–Crippen MR) is 178 cm³/mol. The van der Waals surface area contributed by atoms with E-state index in [0.717, 1.165) is 6.42 Å². The number of methoxy groups -OCH3 is 2. The average molecular weight is 667 g/mol. The van der Waals surface area contributed by atoms with Gasteiger partial charge >= 0.3 is 0 Å². The molecule has 1 amide bonds. The second-order valence-electron chi connectivity index (χ2n) is 11.6. The average Bonchev–Trinajstić information content (AvgIpc) is 3.49. The van der Waals surface area contributed by atoms with Crippen LogP contribution in [0.1, 0.15) is 38.1 Å². The van der Waals surface area contributed by atoms with Crippen LogP contribution in [-0.2, 0) is 17.9 Å². The first-order valence-corrected chi connectivity index (χ1v) is 15.6. The van der Waals surface area contributed by atoms with Gasteiger partial charge in [0.2, 0.25) is 17.7 Å². The number of nitrogens with one attached hydrogen (secondary N) is 3. The molecule has 0 saturated carbocycles. The molecule has 46 heavy (non-hydrogen) atoms. The van der Waals surface area contributed by atoms with Gasteiger partial charge in [0.25, 0.3) is 0 Å². The third kappa shape index (κ3) is 7.56. The number of benzene rings is 2. The monoisotopic (exact) mass is 665 g/mol. The van der Waals surface area contributed by atoms with Crippen LogP contribution in [0.3, 0.4) is 0 Å². The quantitative estimate of drug-likeness (QED) is 0.157. The van der Waals surface area contributed by atoms with Crippen LogP contribution in [0.4, 0.5) is 0 Å². The Kier molecular flexibility index (Phi) is 10.7. The largest absolute Gasteiger partial charge is 0.480 e. The third-order valence-corrected chi connectivity index (χ3v) is 8.56. The summed E-state index contributed by atoms with van der Waals surface area (Å²) in [5.41, 5.74) is 4.61. The summed E-state index contributed by atoms with van der Waals surface area (Å²) in [6, 6.07) is 11.4. The normalized spacial score (nSPS) is 14.8. The van der Waals surface area contributed by atoms with E-state index in [-0.39, 0.29) is 18.6 Å². The fourth-order valence-corrected chi connectivity index (χ4v) is 5.72. The van der Waals surface area contributed by atoms with Crippen LogP contribution in [0.5, 0.6) is 11.8 Å². The van der Waals surface area contributed by atoms with Gasteiger partial charge in [-0.05, 0) is 20.3 Å². The van der Waals surface area contributed by atoms with Crippen molar-refractivity contribution in [3.05, 3.63) is 70.2 Å². The van der Waals surface area contributed by atoms with Crippen molar-refractivity contribution in [3.63, 3.8) is 0 Å². The Bertz CT molecular complexity index is 1720.